The molecule has 0 aliphatic carbocycles. The Morgan fingerprint density at radius 3 is 2.74 bits per heavy atom. The number of nitrogens with zero attached hydrogens (tertiary/aromatic N) is 1. The van der Waals surface area contributed by atoms with Crippen LogP contribution in [0.3, 0.4) is 0 Å². The monoisotopic (exact) mass is 430 g/mol. The summed E-state index contributed by atoms with van der Waals surface area (Å²) in [5, 5.41) is 2.98. The van der Waals surface area contributed by atoms with Gasteiger partial charge in [-0.1, -0.05) is 59.3 Å². The topological polar surface area (TPSA) is 58.6 Å². The second-order valence-corrected chi connectivity index (χ2v) is 7.45. The van der Waals surface area contributed by atoms with Gasteiger partial charge in [0.05, 0.1) is 0 Å². The number of aryl methyl sites for hydroxylation is 1. The van der Waals surface area contributed by atoms with Gasteiger partial charge in [-0.15, -0.1) is 0 Å². The van der Waals surface area contributed by atoms with Crippen molar-refractivity contribution >= 4 is 33.6 Å². The minimum Gasteiger partial charge on any atom is -0.445 e. The Morgan fingerprint density at radius 1 is 1.22 bits per heavy atom. The SMILES string of the molecule is CCc1ccc(Br)cc1NC(=O)C1CCCN1C(=O)OCc1ccccc1. The average Bonchev–Trinajstić information content (AvgIpc) is 3.17. The molecule has 1 N–H and O–H groups in total. The Labute approximate surface area is 167 Å². The van der Waals surface area contributed by atoms with Crippen LogP contribution in [0.15, 0.2) is 53.0 Å². The van der Waals surface area contributed by atoms with E-state index in [1.165, 1.54) is 4.90 Å². The van der Waals surface area contributed by atoms with Crippen molar-refractivity contribution < 1.29 is 14.3 Å². The fourth-order valence-corrected chi connectivity index (χ4v) is 3.61. The van der Waals surface area contributed by atoms with E-state index in [4.69, 9.17) is 4.74 Å². The Kier molecular flexibility index (Phi) is 6.50. The molecule has 1 atom stereocenters. The highest BCUT2D eigenvalue weighted by atomic mass is 79.9. The normalized spacial score (nSPS) is 16.2. The van der Waals surface area contributed by atoms with E-state index in [-0.39, 0.29) is 12.5 Å². The first kappa shape index (κ1) is 19.4. The van der Waals surface area contributed by atoms with Gasteiger partial charge in [-0.05, 0) is 42.5 Å². The van der Waals surface area contributed by atoms with E-state index in [1.807, 2.05) is 55.5 Å². The minimum atomic E-state index is -0.503. The summed E-state index contributed by atoms with van der Waals surface area (Å²) in [6, 6.07) is 14.9. The van der Waals surface area contributed by atoms with Gasteiger partial charge >= 0.3 is 6.09 Å². The van der Waals surface area contributed by atoms with Gasteiger partial charge in [-0.3, -0.25) is 9.69 Å². The van der Waals surface area contributed by atoms with E-state index >= 15 is 0 Å². The molecule has 6 heteroatoms. The third kappa shape index (κ3) is 4.89. The molecule has 2 aromatic carbocycles. The molecule has 0 saturated carbocycles. The van der Waals surface area contributed by atoms with Gasteiger partial charge in [0.2, 0.25) is 5.91 Å². The summed E-state index contributed by atoms with van der Waals surface area (Å²) in [6.07, 6.45) is 1.80. The summed E-state index contributed by atoms with van der Waals surface area (Å²) < 4.78 is 6.31. The van der Waals surface area contributed by atoms with Crippen molar-refractivity contribution in [2.24, 2.45) is 0 Å². The van der Waals surface area contributed by atoms with Crippen molar-refractivity contribution in [3.8, 4) is 0 Å². The summed E-state index contributed by atoms with van der Waals surface area (Å²) >= 11 is 3.44. The first-order valence-corrected chi connectivity index (χ1v) is 9.94. The molecule has 1 saturated heterocycles. The van der Waals surface area contributed by atoms with Crippen LogP contribution in [0.2, 0.25) is 0 Å². The van der Waals surface area contributed by atoms with Crippen LogP contribution in [0.5, 0.6) is 0 Å². The van der Waals surface area contributed by atoms with E-state index in [0.29, 0.717) is 13.0 Å². The van der Waals surface area contributed by atoms with Gasteiger partial charge in [-0.25, -0.2) is 4.79 Å². The summed E-state index contributed by atoms with van der Waals surface area (Å²) in [4.78, 5) is 26.8. The lowest BCUT2D eigenvalue weighted by atomic mass is 10.1. The first-order valence-electron chi connectivity index (χ1n) is 9.15. The van der Waals surface area contributed by atoms with Gasteiger partial charge in [0.15, 0.2) is 0 Å². The number of ether oxygens (including phenoxy) is 1. The maximum atomic E-state index is 12.8. The second kappa shape index (κ2) is 9.04. The van der Waals surface area contributed by atoms with Gasteiger partial charge < -0.3 is 10.1 Å². The molecule has 2 amide bonds. The fraction of sp³-hybridized carbons (Fsp3) is 0.333. The summed E-state index contributed by atoms with van der Waals surface area (Å²) in [6.45, 7) is 2.78. The molecule has 1 aliphatic rings. The van der Waals surface area contributed by atoms with E-state index < -0.39 is 12.1 Å². The third-order valence-corrected chi connectivity index (χ3v) is 5.20. The van der Waals surface area contributed by atoms with Crippen LogP contribution in [0, 0.1) is 0 Å². The smallest absolute Gasteiger partial charge is 0.410 e. The van der Waals surface area contributed by atoms with Gasteiger partial charge in [-0.2, -0.15) is 0 Å². The van der Waals surface area contributed by atoms with Crippen molar-refractivity contribution in [2.75, 3.05) is 11.9 Å². The standard InChI is InChI=1S/C21H23BrN2O3/c1-2-16-10-11-17(22)13-18(16)23-20(25)19-9-6-12-24(19)21(26)27-14-15-7-4-3-5-8-15/h3-5,7-8,10-11,13,19H,2,6,9,12,14H2,1H3,(H,23,25). The van der Waals surface area contributed by atoms with E-state index in [1.54, 1.807) is 0 Å². The van der Waals surface area contributed by atoms with Crippen LogP contribution in [-0.4, -0.2) is 29.5 Å². The van der Waals surface area contributed by atoms with Gasteiger partial charge in [0.25, 0.3) is 0 Å². The van der Waals surface area contributed by atoms with Crippen molar-refractivity contribution in [3.05, 3.63) is 64.1 Å². The zero-order valence-electron chi connectivity index (χ0n) is 15.3. The first-order chi connectivity index (χ1) is 13.1. The highest BCUT2D eigenvalue weighted by Crippen LogP contribution is 2.25. The van der Waals surface area contributed by atoms with E-state index in [9.17, 15) is 9.59 Å². The number of hydrogen-bond donors (Lipinski definition) is 1. The Balaban J connectivity index is 1.64. The highest BCUT2D eigenvalue weighted by molar-refractivity contribution is 9.10. The predicted octanol–water partition coefficient (Wildman–Crippen LogP) is 4.75. The number of benzene rings is 2. The van der Waals surface area contributed by atoms with Crippen LogP contribution in [-0.2, 0) is 22.6 Å². The lowest BCUT2D eigenvalue weighted by Gasteiger charge is -2.24. The zero-order valence-corrected chi connectivity index (χ0v) is 16.9. The van der Waals surface area contributed by atoms with Gasteiger partial charge in [0.1, 0.15) is 12.6 Å². The molecular weight excluding hydrogens is 408 g/mol. The van der Waals surface area contributed by atoms with Crippen LogP contribution < -0.4 is 5.32 Å². The number of hydrogen-bond acceptors (Lipinski definition) is 3. The minimum absolute atomic E-state index is 0.169. The van der Waals surface area contributed by atoms with Crippen molar-refractivity contribution in [3.63, 3.8) is 0 Å². The zero-order chi connectivity index (χ0) is 19.2. The quantitative estimate of drug-likeness (QED) is 0.744. The molecule has 1 fully saturated rings. The van der Waals surface area contributed by atoms with Crippen LogP contribution in [0.1, 0.15) is 30.9 Å². The van der Waals surface area contributed by atoms with Crippen LogP contribution in [0.4, 0.5) is 10.5 Å². The van der Waals surface area contributed by atoms with Crippen molar-refractivity contribution in [2.45, 2.75) is 38.8 Å². The summed E-state index contributed by atoms with van der Waals surface area (Å²) in [5.74, 6) is -0.169. The molecular formula is C21H23BrN2O3. The highest BCUT2D eigenvalue weighted by Gasteiger charge is 2.35. The van der Waals surface area contributed by atoms with Crippen LogP contribution >= 0.6 is 15.9 Å². The molecule has 5 nitrogen and oxygen atoms in total. The molecule has 0 bridgehead atoms. The number of likely N-dealkylation sites (tertiary alicyclic amines) is 1. The number of carbonyl (C=O) groups excluding carboxylic acids is 2. The lowest BCUT2D eigenvalue weighted by molar-refractivity contribution is -0.120. The molecule has 2 aromatic rings. The third-order valence-electron chi connectivity index (χ3n) is 4.71. The predicted molar refractivity (Wildman–Crippen MR) is 109 cm³/mol. The van der Waals surface area contributed by atoms with Gasteiger partial charge in [0, 0.05) is 16.7 Å². The fourth-order valence-electron chi connectivity index (χ4n) is 3.25. The number of halogens is 1. The van der Waals surface area contributed by atoms with E-state index in [0.717, 1.165) is 34.1 Å². The number of anilines is 1. The summed E-state index contributed by atoms with van der Waals surface area (Å²) in [5.41, 5.74) is 2.76. The van der Waals surface area contributed by atoms with Crippen LogP contribution in [0.25, 0.3) is 0 Å². The largest absolute Gasteiger partial charge is 0.445 e. The number of nitrogens with one attached hydrogen (secondary N) is 1. The van der Waals surface area contributed by atoms with Crippen molar-refractivity contribution in [1.29, 1.82) is 0 Å². The molecule has 0 radical (unpaired) electrons. The molecule has 27 heavy (non-hydrogen) atoms. The maximum absolute atomic E-state index is 12.8. The Hall–Kier alpha value is -2.34. The molecule has 142 valence electrons. The number of rotatable bonds is 5. The van der Waals surface area contributed by atoms with Crippen molar-refractivity contribution in [1.82, 2.24) is 4.90 Å². The number of carbonyl (C=O) groups is 2. The second-order valence-electron chi connectivity index (χ2n) is 6.54. The average molecular weight is 431 g/mol. The Bertz CT molecular complexity index is 810. The molecule has 1 aliphatic heterocycles. The molecule has 1 unspecified atom stereocenters. The summed E-state index contributed by atoms with van der Waals surface area (Å²) in [7, 11) is 0. The lowest BCUT2D eigenvalue weighted by Crippen LogP contribution is -2.43. The molecule has 0 spiro atoms. The van der Waals surface area contributed by atoms with E-state index in [2.05, 4.69) is 21.2 Å². The molecule has 1 heterocycles. The Morgan fingerprint density at radius 2 is 2.00 bits per heavy atom. The maximum Gasteiger partial charge on any atom is 0.410 e. The molecule has 0 aromatic heterocycles. The molecule has 3 rings (SSSR count). The number of amides is 2.